The predicted octanol–water partition coefficient (Wildman–Crippen LogP) is 2.23. The fraction of sp³-hybridized carbons (Fsp3) is 0.875. The molecule has 0 spiro atoms. The van der Waals surface area contributed by atoms with Gasteiger partial charge in [0.05, 0.1) is 6.04 Å². The summed E-state index contributed by atoms with van der Waals surface area (Å²) in [7, 11) is 0. The van der Waals surface area contributed by atoms with Crippen molar-refractivity contribution in [1.29, 1.82) is 0 Å². The normalized spacial score (nSPS) is 15.0. The van der Waals surface area contributed by atoms with Gasteiger partial charge in [-0.05, 0) is 45.4 Å². The number of ether oxygens (including phenoxy) is 1. The van der Waals surface area contributed by atoms with Crippen LogP contribution in [0.2, 0.25) is 0 Å². The lowest BCUT2D eigenvalue weighted by Crippen LogP contribution is -2.50. The van der Waals surface area contributed by atoms with Crippen LogP contribution in [0.3, 0.4) is 0 Å². The van der Waals surface area contributed by atoms with Gasteiger partial charge in [0.1, 0.15) is 11.6 Å². The summed E-state index contributed by atoms with van der Waals surface area (Å²) in [5, 5.41) is 2.74. The SMILES string of the molecule is CC(C)C[C@@H](N)C(=O)N[C@H](CC(C)C)C(=O)OC(C)(C)C. The molecule has 124 valence electrons. The van der Waals surface area contributed by atoms with Gasteiger partial charge >= 0.3 is 5.97 Å². The van der Waals surface area contributed by atoms with Gasteiger partial charge in [0, 0.05) is 0 Å². The molecule has 0 rings (SSSR count). The average Bonchev–Trinajstić information content (AvgIpc) is 2.23. The summed E-state index contributed by atoms with van der Waals surface area (Å²) in [5.74, 6) is -0.0959. The molecule has 0 aromatic carbocycles. The first kappa shape index (κ1) is 19.9. The van der Waals surface area contributed by atoms with Gasteiger partial charge in [-0.1, -0.05) is 27.7 Å². The molecule has 5 nitrogen and oxygen atoms in total. The summed E-state index contributed by atoms with van der Waals surface area (Å²) < 4.78 is 5.37. The molecule has 0 saturated heterocycles. The van der Waals surface area contributed by atoms with Gasteiger partial charge in [-0.15, -0.1) is 0 Å². The number of nitrogens with one attached hydrogen (secondary N) is 1. The number of hydrogen-bond acceptors (Lipinski definition) is 4. The van der Waals surface area contributed by atoms with Crippen LogP contribution in [0.1, 0.15) is 61.3 Å². The van der Waals surface area contributed by atoms with E-state index in [2.05, 4.69) is 5.32 Å². The van der Waals surface area contributed by atoms with Crippen molar-refractivity contribution < 1.29 is 14.3 Å². The Morgan fingerprint density at radius 3 is 1.90 bits per heavy atom. The van der Waals surface area contributed by atoms with Crippen LogP contribution in [0.25, 0.3) is 0 Å². The van der Waals surface area contributed by atoms with E-state index in [0.717, 1.165) is 0 Å². The Kier molecular flexibility index (Phi) is 7.93. The number of carbonyl (C=O) groups excluding carboxylic acids is 2. The molecule has 3 N–H and O–H groups in total. The fourth-order valence-corrected chi connectivity index (χ4v) is 1.95. The molecule has 0 aliphatic carbocycles. The van der Waals surface area contributed by atoms with Crippen LogP contribution in [-0.2, 0) is 14.3 Å². The van der Waals surface area contributed by atoms with Crippen LogP contribution < -0.4 is 11.1 Å². The Hall–Kier alpha value is -1.10. The van der Waals surface area contributed by atoms with Crippen LogP contribution >= 0.6 is 0 Å². The van der Waals surface area contributed by atoms with Crippen molar-refractivity contribution in [2.75, 3.05) is 0 Å². The molecular weight excluding hydrogens is 268 g/mol. The molecule has 2 atom stereocenters. The number of nitrogens with two attached hydrogens (primary N) is 1. The highest BCUT2D eigenvalue weighted by Crippen LogP contribution is 2.13. The monoisotopic (exact) mass is 300 g/mol. The topological polar surface area (TPSA) is 81.4 Å². The molecule has 0 unspecified atom stereocenters. The van der Waals surface area contributed by atoms with Crippen LogP contribution in [0.5, 0.6) is 0 Å². The van der Waals surface area contributed by atoms with Crippen LogP contribution in [0.4, 0.5) is 0 Å². The lowest BCUT2D eigenvalue weighted by molar-refractivity contribution is -0.159. The summed E-state index contributed by atoms with van der Waals surface area (Å²) in [6, 6.07) is -1.24. The number of hydrogen-bond donors (Lipinski definition) is 2. The molecule has 1 amide bonds. The fourth-order valence-electron chi connectivity index (χ4n) is 1.95. The molecule has 0 aromatic heterocycles. The molecule has 21 heavy (non-hydrogen) atoms. The highest BCUT2D eigenvalue weighted by molar-refractivity contribution is 5.87. The third kappa shape index (κ3) is 9.45. The van der Waals surface area contributed by atoms with Crippen molar-refractivity contribution in [1.82, 2.24) is 5.32 Å². The molecule has 0 bridgehead atoms. The average molecular weight is 300 g/mol. The van der Waals surface area contributed by atoms with Crippen molar-refractivity contribution in [2.24, 2.45) is 17.6 Å². The molecule has 0 aromatic rings. The Balaban J connectivity index is 4.76. The van der Waals surface area contributed by atoms with Crippen molar-refractivity contribution in [3.8, 4) is 0 Å². The zero-order chi connectivity index (χ0) is 16.8. The van der Waals surface area contributed by atoms with E-state index in [1.807, 2.05) is 48.5 Å². The number of carbonyl (C=O) groups is 2. The molecule has 0 radical (unpaired) electrons. The Morgan fingerprint density at radius 1 is 1.05 bits per heavy atom. The first-order chi connectivity index (χ1) is 9.42. The van der Waals surface area contributed by atoms with E-state index in [4.69, 9.17) is 10.5 Å². The first-order valence-electron chi connectivity index (χ1n) is 7.71. The molecule has 0 aliphatic rings. The molecular formula is C16H32N2O3. The van der Waals surface area contributed by atoms with Gasteiger partial charge in [0.2, 0.25) is 5.91 Å². The van der Waals surface area contributed by atoms with E-state index in [-0.39, 0.29) is 11.8 Å². The van der Waals surface area contributed by atoms with Gasteiger partial charge < -0.3 is 15.8 Å². The second-order valence-electron chi connectivity index (χ2n) is 7.46. The highest BCUT2D eigenvalue weighted by Gasteiger charge is 2.28. The smallest absolute Gasteiger partial charge is 0.329 e. The largest absolute Gasteiger partial charge is 0.458 e. The second-order valence-corrected chi connectivity index (χ2v) is 7.46. The van der Waals surface area contributed by atoms with Crippen molar-refractivity contribution in [3.05, 3.63) is 0 Å². The minimum atomic E-state index is -0.644. The lowest BCUT2D eigenvalue weighted by atomic mass is 10.0. The lowest BCUT2D eigenvalue weighted by Gasteiger charge is -2.26. The van der Waals surface area contributed by atoms with E-state index in [9.17, 15) is 9.59 Å². The maximum Gasteiger partial charge on any atom is 0.329 e. The molecule has 0 saturated carbocycles. The second kappa shape index (κ2) is 8.37. The van der Waals surface area contributed by atoms with Crippen LogP contribution in [0.15, 0.2) is 0 Å². The maximum absolute atomic E-state index is 12.2. The van der Waals surface area contributed by atoms with Gasteiger partial charge in [-0.3, -0.25) is 4.79 Å². The van der Waals surface area contributed by atoms with Crippen LogP contribution in [-0.4, -0.2) is 29.6 Å². The standard InChI is InChI=1S/C16H32N2O3/c1-10(2)8-12(17)14(19)18-13(9-11(3)4)15(20)21-16(5,6)7/h10-13H,8-9,17H2,1-7H3,(H,18,19)/t12-,13-/m1/s1. The minimum absolute atomic E-state index is 0.268. The van der Waals surface area contributed by atoms with Crippen molar-refractivity contribution in [2.45, 2.75) is 79.0 Å². The number of esters is 1. The zero-order valence-electron chi connectivity index (χ0n) is 14.5. The molecule has 5 heteroatoms. The van der Waals surface area contributed by atoms with E-state index in [1.54, 1.807) is 0 Å². The van der Waals surface area contributed by atoms with Crippen LogP contribution in [0, 0.1) is 11.8 Å². The first-order valence-corrected chi connectivity index (χ1v) is 7.71. The molecule has 0 fully saturated rings. The number of amides is 1. The summed E-state index contributed by atoms with van der Waals surface area (Å²) in [4.78, 5) is 24.3. The third-order valence-corrected chi connectivity index (χ3v) is 2.78. The maximum atomic E-state index is 12.2. The third-order valence-electron chi connectivity index (χ3n) is 2.78. The van der Waals surface area contributed by atoms with Gasteiger partial charge in [0.15, 0.2) is 0 Å². The van der Waals surface area contributed by atoms with E-state index in [1.165, 1.54) is 0 Å². The Morgan fingerprint density at radius 2 is 1.52 bits per heavy atom. The van der Waals surface area contributed by atoms with Gasteiger partial charge in [-0.25, -0.2) is 4.79 Å². The quantitative estimate of drug-likeness (QED) is 0.706. The highest BCUT2D eigenvalue weighted by atomic mass is 16.6. The summed E-state index contributed by atoms with van der Waals surface area (Å²) in [6.45, 7) is 13.4. The van der Waals surface area contributed by atoms with E-state index < -0.39 is 23.7 Å². The number of rotatable bonds is 7. The molecule has 0 aliphatic heterocycles. The predicted molar refractivity (Wildman–Crippen MR) is 84.7 cm³/mol. The minimum Gasteiger partial charge on any atom is -0.458 e. The van der Waals surface area contributed by atoms with Crippen molar-refractivity contribution >= 4 is 11.9 Å². The Labute approximate surface area is 129 Å². The van der Waals surface area contributed by atoms with E-state index in [0.29, 0.717) is 18.8 Å². The van der Waals surface area contributed by atoms with E-state index >= 15 is 0 Å². The van der Waals surface area contributed by atoms with Gasteiger partial charge in [0.25, 0.3) is 0 Å². The van der Waals surface area contributed by atoms with Gasteiger partial charge in [-0.2, -0.15) is 0 Å². The Bertz CT molecular complexity index is 346. The summed E-state index contributed by atoms with van der Waals surface area (Å²) >= 11 is 0. The summed E-state index contributed by atoms with van der Waals surface area (Å²) in [6.07, 6.45) is 1.13. The summed E-state index contributed by atoms with van der Waals surface area (Å²) in [5.41, 5.74) is 5.29. The molecule has 0 heterocycles. The zero-order valence-corrected chi connectivity index (χ0v) is 14.5. The van der Waals surface area contributed by atoms with Crippen molar-refractivity contribution in [3.63, 3.8) is 0 Å².